The number of aliphatic hydroxyl groups is 1. The molecular formula is C36H52O6S. The van der Waals surface area contributed by atoms with E-state index in [1.807, 2.05) is 31.7 Å². The van der Waals surface area contributed by atoms with Crippen molar-refractivity contribution in [3.63, 3.8) is 0 Å². The topological polar surface area (TPSA) is 93.1 Å². The molecule has 43 heavy (non-hydrogen) atoms. The van der Waals surface area contributed by atoms with Gasteiger partial charge >= 0.3 is 11.9 Å². The molecule has 1 aromatic rings. The van der Waals surface area contributed by atoms with E-state index in [0.29, 0.717) is 22.7 Å². The summed E-state index contributed by atoms with van der Waals surface area (Å²) in [6.45, 7) is 21.1. The predicted octanol–water partition coefficient (Wildman–Crippen LogP) is 8.52. The van der Waals surface area contributed by atoms with Crippen molar-refractivity contribution in [3.05, 3.63) is 34.4 Å². The first kappa shape index (κ1) is 32.4. The fourth-order valence-corrected chi connectivity index (χ4v) is 11.1. The van der Waals surface area contributed by atoms with Gasteiger partial charge in [-0.25, -0.2) is 0 Å². The largest absolute Gasteiger partial charge is 0.481 e. The second kappa shape index (κ2) is 10.5. The van der Waals surface area contributed by atoms with Crippen molar-refractivity contribution in [2.75, 3.05) is 0 Å². The van der Waals surface area contributed by atoms with Gasteiger partial charge in [0.1, 0.15) is 0 Å². The minimum Gasteiger partial charge on any atom is -0.481 e. The second-order valence-electron chi connectivity index (χ2n) is 15.6. The number of aliphatic hydroxyl groups excluding tert-OH is 1. The Morgan fingerprint density at radius 3 is 2.23 bits per heavy atom. The van der Waals surface area contributed by atoms with Gasteiger partial charge in [-0.15, -0.1) is 11.8 Å². The lowest BCUT2D eigenvalue weighted by Gasteiger charge is -2.70. The molecule has 238 valence electrons. The molecule has 3 fully saturated rings. The highest BCUT2D eigenvalue weighted by Gasteiger charge is 2.67. The number of hydrogen-bond donors (Lipinski definition) is 2. The Morgan fingerprint density at radius 2 is 1.65 bits per heavy atom. The molecule has 0 saturated heterocycles. The Kier molecular flexibility index (Phi) is 7.94. The minimum atomic E-state index is -1.05. The number of carboxylic acids is 1. The van der Waals surface area contributed by atoms with E-state index in [4.69, 9.17) is 9.47 Å². The summed E-state index contributed by atoms with van der Waals surface area (Å²) in [5, 5.41) is 20.9. The molecule has 0 aliphatic heterocycles. The number of hydrogen-bond acceptors (Lipinski definition) is 6. The molecule has 5 rings (SSSR count). The fourth-order valence-electron chi connectivity index (χ4n) is 9.81. The SMILES string of the molecule is CC(=O)Oc1cc2c(c(C)c1OC(C)O)C(SC(C)C)C=C1[C@@]2(C)CC[C@@]2(C)[C@@H]3C[C@](C)(C(=O)O)CC[C@]3(C)CC[C@]12C. The van der Waals surface area contributed by atoms with E-state index < -0.39 is 23.6 Å². The van der Waals surface area contributed by atoms with Crippen LogP contribution in [0.2, 0.25) is 0 Å². The summed E-state index contributed by atoms with van der Waals surface area (Å²) in [5.41, 5.74) is 3.76. The quantitative estimate of drug-likeness (QED) is 0.144. The molecule has 4 aliphatic carbocycles. The fraction of sp³-hybridized carbons (Fsp3) is 0.722. The number of carboxylic acid groups (broad SMARTS) is 1. The molecule has 8 atom stereocenters. The zero-order valence-electron chi connectivity index (χ0n) is 27.8. The first-order valence-corrected chi connectivity index (χ1v) is 17.1. The van der Waals surface area contributed by atoms with Gasteiger partial charge in [-0.2, -0.15) is 0 Å². The van der Waals surface area contributed by atoms with E-state index in [0.717, 1.165) is 50.5 Å². The van der Waals surface area contributed by atoms with Crippen LogP contribution < -0.4 is 9.47 Å². The van der Waals surface area contributed by atoms with Crippen LogP contribution >= 0.6 is 11.8 Å². The van der Waals surface area contributed by atoms with E-state index in [2.05, 4.69) is 47.6 Å². The van der Waals surface area contributed by atoms with Crippen LogP contribution in [-0.4, -0.2) is 33.7 Å². The van der Waals surface area contributed by atoms with E-state index >= 15 is 0 Å². The van der Waals surface area contributed by atoms with Crippen molar-refractivity contribution in [1.82, 2.24) is 0 Å². The summed E-state index contributed by atoms with van der Waals surface area (Å²) in [5.74, 6) is 0.0211. The zero-order valence-corrected chi connectivity index (χ0v) is 28.7. The van der Waals surface area contributed by atoms with Crippen LogP contribution in [0, 0.1) is 34.5 Å². The molecule has 6 nitrogen and oxygen atoms in total. The molecule has 7 heteroatoms. The van der Waals surface area contributed by atoms with E-state index in [1.165, 1.54) is 23.6 Å². The maximum absolute atomic E-state index is 12.5. The number of benzene rings is 1. The lowest BCUT2D eigenvalue weighted by Crippen LogP contribution is -2.62. The highest BCUT2D eigenvalue weighted by atomic mass is 32.2. The summed E-state index contributed by atoms with van der Waals surface area (Å²) in [7, 11) is 0. The molecule has 1 aromatic carbocycles. The molecule has 0 spiro atoms. The number of rotatable bonds is 6. The molecule has 2 unspecified atom stereocenters. The molecule has 3 saturated carbocycles. The van der Waals surface area contributed by atoms with Crippen LogP contribution in [0.1, 0.15) is 129 Å². The molecule has 0 aromatic heterocycles. The van der Waals surface area contributed by atoms with Gasteiger partial charge in [-0.1, -0.05) is 53.2 Å². The van der Waals surface area contributed by atoms with Gasteiger partial charge in [0.25, 0.3) is 0 Å². The van der Waals surface area contributed by atoms with Gasteiger partial charge in [0.2, 0.25) is 0 Å². The van der Waals surface area contributed by atoms with Gasteiger partial charge < -0.3 is 19.7 Å². The third-order valence-electron chi connectivity index (χ3n) is 12.5. The van der Waals surface area contributed by atoms with Gasteiger partial charge in [0, 0.05) is 23.2 Å². The maximum Gasteiger partial charge on any atom is 0.309 e. The van der Waals surface area contributed by atoms with Crippen LogP contribution in [0.4, 0.5) is 0 Å². The predicted molar refractivity (Wildman–Crippen MR) is 172 cm³/mol. The number of carbonyl (C=O) groups excluding carboxylic acids is 1. The third-order valence-corrected chi connectivity index (χ3v) is 13.7. The summed E-state index contributed by atoms with van der Waals surface area (Å²) < 4.78 is 11.7. The van der Waals surface area contributed by atoms with Crippen LogP contribution in [0.5, 0.6) is 11.5 Å². The number of fused-ring (bicyclic) bond motifs is 7. The van der Waals surface area contributed by atoms with E-state index in [-0.39, 0.29) is 26.9 Å². The maximum atomic E-state index is 12.5. The smallest absolute Gasteiger partial charge is 0.309 e. The Labute approximate surface area is 262 Å². The standard InChI is InChI=1S/C36H52O6S/c1-20(2)43-26-18-27-34(8,24-17-25(41-22(4)37)30(42-23(5)38)21(3)29(24)26)14-16-36(10)28-19-33(7,31(39)40)12-11-32(28,6)13-15-35(27,36)9/h17-18,20,23,26,28,38H,11-16,19H2,1-10H3,(H,39,40)/t23?,26?,28-,32-,33-,34+,35-,36+/m1/s1. The van der Waals surface area contributed by atoms with Gasteiger partial charge in [-0.3, -0.25) is 9.59 Å². The lowest BCUT2D eigenvalue weighted by atomic mass is 9.34. The lowest BCUT2D eigenvalue weighted by molar-refractivity contribution is -0.177. The summed E-state index contributed by atoms with van der Waals surface area (Å²) in [6.07, 6.45) is 8.04. The first-order valence-electron chi connectivity index (χ1n) is 16.1. The van der Waals surface area contributed by atoms with Crippen molar-refractivity contribution in [3.8, 4) is 11.5 Å². The van der Waals surface area contributed by atoms with Gasteiger partial charge in [0.15, 0.2) is 17.8 Å². The van der Waals surface area contributed by atoms with Crippen LogP contribution in [0.3, 0.4) is 0 Å². The Balaban J connectivity index is 1.71. The third kappa shape index (κ3) is 4.86. The van der Waals surface area contributed by atoms with Crippen LogP contribution in [0.15, 0.2) is 17.7 Å². The first-order chi connectivity index (χ1) is 19.8. The van der Waals surface area contributed by atoms with Gasteiger partial charge in [0.05, 0.1) is 5.41 Å². The normalized spacial score (nSPS) is 39.0. The number of esters is 1. The number of aliphatic carboxylic acids is 1. The summed E-state index contributed by atoms with van der Waals surface area (Å²) in [4.78, 5) is 24.8. The van der Waals surface area contributed by atoms with Crippen molar-refractivity contribution < 1.29 is 29.3 Å². The number of allylic oxidation sites excluding steroid dienone is 1. The van der Waals surface area contributed by atoms with Crippen molar-refractivity contribution >= 4 is 23.7 Å². The average molecular weight is 613 g/mol. The highest BCUT2D eigenvalue weighted by Crippen LogP contribution is 2.75. The van der Waals surface area contributed by atoms with Crippen LogP contribution in [-0.2, 0) is 15.0 Å². The number of thioether (sulfide) groups is 1. The average Bonchev–Trinajstić information content (AvgIpc) is 2.89. The second-order valence-corrected chi connectivity index (χ2v) is 17.4. The molecule has 0 heterocycles. The Bertz CT molecular complexity index is 1370. The highest BCUT2D eigenvalue weighted by molar-refractivity contribution is 8.00. The molecule has 4 aliphatic rings. The summed E-state index contributed by atoms with van der Waals surface area (Å²) >= 11 is 1.92. The minimum absolute atomic E-state index is 0.0455. The van der Waals surface area contributed by atoms with E-state index in [1.54, 1.807) is 6.92 Å². The number of ether oxygens (including phenoxy) is 2. The molecule has 0 amide bonds. The zero-order chi connectivity index (χ0) is 31.9. The van der Waals surface area contributed by atoms with Gasteiger partial charge in [-0.05, 0) is 110 Å². The summed E-state index contributed by atoms with van der Waals surface area (Å²) in [6, 6.07) is 2.02. The molecule has 0 bridgehead atoms. The van der Waals surface area contributed by atoms with Crippen molar-refractivity contribution in [2.45, 2.75) is 136 Å². The molecular weight excluding hydrogens is 560 g/mol. The molecule has 2 N–H and O–H groups in total. The van der Waals surface area contributed by atoms with Crippen molar-refractivity contribution in [2.24, 2.45) is 27.6 Å². The number of carbonyl (C=O) groups is 2. The van der Waals surface area contributed by atoms with Crippen LogP contribution in [0.25, 0.3) is 0 Å². The van der Waals surface area contributed by atoms with Crippen molar-refractivity contribution in [1.29, 1.82) is 0 Å². The Hall–Kier alpha value is -1.99. The molecule has 0 radical (unpaired) electrons. The monoisotopic (exact) mass is 612 g/mol. The Morgan fingerprint density at radius 1 is 1.00 bits per heavy atom. The van der Waals surface area contributed by atoms with E-state index in [9.17, 15) is 19.8 Å².